The fourth-order valence-corrected chi connectivity index (χ4v) is 13.5. The molecule has 2 rings (SSSR count). The summed E-state index contributed by atoms with van der Waals surface area (Å²) in [5.41, 5.74) is 0.385. The summed E-state index contributed by atoms with van der Waals surface area (Å²) in [6, 6.07) is -0.478. The van der Waals surface area contributed by atoms with Crippen molar-refractivity contribution in [2.75, 3.05) is 158 Å². The first-order valence-corrected chi connectivity index (χ1v) is 39.6. The summed E-state index contributed by atoms with van der Waals surface area (Å²) >= 11 is 7.71. The van der Waals surface area contributed by atoms with Gasteiger partial charge in [-0.05, 0) is 138 Å². The molecule has 0 radical (unpaired) electrons. The molecule has 0 aromatic rings. The predicted octanol–water partition coefficient (Wildman–Crippen LogP) is 15.8. The average Bonchev–Trinajstić information content (AvgIpc) is 1.91. The van der Waals surface area contributed by atoms with Crippen molar-refractivity contribution in [3.05, 3.63) is 0 Å². The molecule has 552 valence electrons. The lowest BCUT2D eigenvalue weighted by Gasteiger charge is -2.22. The lowest BCUT2D eigenvalue weighted by Crippen LogP contribution is -2.33. The van der Waals surface area contributed by atoms with Gasteiger partial charge in [0.05, 0.1) is 91.9 Å². The molecule has 0 aromatic heterocycles. The predicted molar refractivity (Wildman–Crippen MR) is 371 cm³/mol. The molecule has 0 saturated carbocycles. The number of ether oxygens (including phenoxy) is 13. The Bertz CT molecular complexity index is 1660. The number of nitrogens with zero attached hydrogens (tertiary/aromatic N) is 2. The zero-order valence-corrected chi connectivity index (χ0v) is 61.1. The van der Waals surface area contributed by atoms with Gasteiger partial charge in [-0.25, -0.2) is 0 Å². The molecule has 2 N–H and O–H groups in total. The Morgan fingerprint density at radius 2 is 0.796 bits per heavy atom. The molecule has 2 heterocycles. The van der Waals surface area contributed by atoms with Crippen LogP contribution in [0.2, 0.25) is 0 Å². The maximum Gasteiger partial charge on any atom is 0.389 e. The highest BCUT2D eigenvalue weighted by molar-refractivity contribution is 7.99. The summed E-state index contributed by atoms with van der Waals surface area (Å²) in [5, 5.41) is 4.06. The second-order valence-corrected chi connectivity index (χ2v) is 29.8. The molecule has 0 aromatic carbocycles. The lowest BCUT2D eigenvalue weighted by atomic mass is 10.1. The van der Waals surface area contributed by atoms with Crippen molar-refractivity contribution in [1.29, 1.82) is 0 Å². The smallest absolute Gasteiger partial charge is 0.379 e. The molecular formula is C67H125F6N3O13S4. The molecule has 0 amide bonds. The Labute approximate surface area is 574 Å². The van der Waals surface area contributed by atoms with Gasteiger partial charge in [0.1, 0.15) is 36.2 Å². The number of hydrogen-bond acceptors (Lipinski definition) is 20. The van der Waals surface area contributed by atoms with E-state index in [-0.39, 0.29) is 83.5 Å². The van der Waals surface area contributed by atoms with Crippen LogP contribution in [-0.2, 0) is 61.6 Å². The summed E-state index contributed by atoms with van der Waals surface area (Å²) < 4.78 is 155. The molecule has 2 aliphatic heterocycles. The normalized spacial score (nSPS) is 18.3. The molecule has 4 unspecified atom stereocenters. The highest BCUT2D eigenvalue weighted by Crippen LogP contribution is 2.27. The first kappa shape index (κ1) is 88.7. The van der Waals surface area contributed by atoms with E-state index in [1.54, 1.807) is 6.21 Å². The second-order valence-electron chi connectivity index (χ2n) is 24.9. The fourth-order valence-electron chi connectivity index (χ4n) is 9.60. The number of alkyl halides is 6. The maximum absolute atomic E-state index is 12.4. The summed E-state index contributed by atoms with van der Waals surface area (Å²) in [6.07, 6.45) is 10.9. The summed E-state index contributed by atoms with van der Waals surface area (Å²) in [5.74, 6) is 13.0. The average molecular weight is 1420 g/mol. The van der Waals surface area contributed by atoms with E-state index in [1.807, 2.05) is 74.7 Å². The number of hydrazone groups is 1. The number of thioether (sulfide) groups is 4. The van der Waals surface area contributed by atoms with Crippen molar-refractivity contribution < 1.29 is 87.9 Å². The largest absolute Gasteiger partial charge is 0.389 e. The van der Waals surface area contributed by atoms with Gasteiger partial charge < -0.3 is 67.4 Å². The number of aliphatic imine (C=N–C) groups is 1. The van der Waals surface area contributed by atoms with Crippen LogP contribution < -0.4 is 5.84 Å². The minimum Gasteiger partial charge on any atom is -0.379 e. The monoisotopic (exact) mass is 1420 g/mol. The zero-order chi connectivity index (χ0) is 67.8. The number of unbranched alkanes of at least 4 members (excludes halogenated alkanes) is 14. The standard InChI is InChI=1S/C67H125F6N3O13S4/c1-7-9-35-90-41-27-33-83-59(47-77-31-25-39-92-37-23-19-15-11-13-17-21-29-66(68,69)70)49-79-44-58(75-43-57(76-74)46-85-61(51-81-53-62-55-86-64(3,4)88-62)52-82-54-63-56-87-65(5,6)89-63)45-80-50-60(84-34-28-42-91-36-10-8-2)48-78-32-26-40-93-38-24-20-16-12-14-18-22-30-67(71,72)73/h43,58-63H,7-42,44-56,74H2,1-6H3. The van der Waals surface area contributed by atoms with Crippen LogP contribution in [0.25, 0.3) is 0 Å². The van der Waals surface area contributed by atoms with E-state index in [9.17, 15) is 26.3 Å². The van der Waals surface area contributed by atoms with E-state index >= 15 is 0 Å². The number of nitrogens with two attached hydrogens (primary N) is 1. The van der Waals surface area contributed by atoms with E-state index in [0.717, 1.165) is 136 Å². The highest BCUT2D eigenvalue weighted by atomic mass is 32.2. The van der Waals surface area contributed by atoms with Crippen LogP contribution in [0, 0.1) is 0 Å². The van der Waals surface area contributed by atoms with Crippen molar-refractivity contribution in [1.82, 2.24) is 0 Å². The van der Waals surface area contributed by atoms with Crippen molar-refractivity contribution in [3.8, 4) is 0 Å². The lowest BCUT2D eigenvalue weighted by molar-refractivity contribution is -0.151. The second kappa shape index (κ2) is 58.3. The topological polar surface area (TPSA) is 171 Å². The molecule has 2 saturated heterocycles. The summed E-state index contributed by atoms with van der Waals surface area (Å²) in [4.78, 5) is 4.93. The van der Waals surface area contributed by atoms with Crippen LogP contribution in [-0.4, -0.2) is 231 Å². The molecule has 26 heteroatoms. The molecular weight excluding hydrogens is 1300 g/mol. The number of halogens is 6. The van der Waals surface area contributed by atoms with Gasteiger partial charge in [0.15, 0.2) is 11.6 Å². The van der Waals surface area contributed by atoms with Gasteiger partial charge in [0.2, 0.25) is 0 Å². The van der Waals surface area contributed by atoms with Crippen molar-refractivity contribution >= 4 is 59.0 Å². The SMILES string of the molecule is CCCCSCCCOC(COCCCSCCCCCCCCCC(F)(F)F)COCC(COCC(COCCCSCCCCCCCCCC(F)(F)F)OCCCSCCCC)N=CC(COC(COCC1COC(C)(C)O1)COCC1COC(C)(C)O1)=NN. The first-order chi connectivity index (χ1) is 44.8. The van der Waals surface area contributed by atoms with Gasteiger partial charge in [0, 0.05) is 45.5 Å². The van der Waals surface area contributed by atoms with Crippen LogP contribution in [0.1, 0.15) is 196 Å². The van der Waals surface area contributed by atoms with Crippen molar-refractivity contribution in [2.24, 2.45) is 15.9 Å². The molecule has 0 spiro atoms. The van der Waals surface area contributed by atoms with Gasteiger partial charge >= 0.3 is 12.4 Å². The zero-order valence-electron chi connectivity index (χ0n) is 57.9. The summed E-state index contributed by atoms with van der Waals surface area (Å²) in [7, 11) is 0. The maximum atomic E-state index is 12.4. The Morgan fingerprint density at radius 3 is 1.17 bits per heavy atom. The Morgan fingerprint density at radius 1 is 0.452 bits per heavy atom. The van der Waals surface area contributed by atoms with E-state index in [0.29, 0.717) is 84.6 Å². The van der Waals surface area contributed by atoms with E-state index < -0.39 is 48.9 Å². The van der Waals surface area contributed by atoms with E-state index in [4.69, 9.17) is 72.4 Å². The third kappa shape index (κ3) is 57.0. The van der Waals surface area contributed by atoms with Crippen molar-refractivity contribution in [2.45, 2.75) is 256 Å². The van der Waals surface area contributed by atoms with Crippen molar-refractivity contribution in [3.63, 3.8) is 0 Å². The Balaban J connectivity index is 2.10. The fraction of sp³-hybridized carbons (Fsp3) is 0.970. The number of rotatable bonds is 67. The number of hydrogen-bond donors (Lipinski definition) is 1. The quantitative estimate of drug-likeness (QED) is 0.0200. The van der Waals surface area contributed by atoms with E-state index in [1.165, 1.54) is 25.7 Å². The molecule has 2 fully saturated rings. The van der Waals surface area contributed by atoms with Gasteiger partial charge in [-0.3, -0.25) is 4.99 Å². The molecule has 0 bridgehead atoms. The third-order valence-corrected chi connectivity index (χ3v) is 19.4. The minimum absolute atomic E-state index is 0.0155. The van der Waals surface area contributed by atoms with Gasteiger partial charge in [0.25, 0.3) is 0 Å². The van der Waals surface area contributed by atoms with Gasteiger partial charge in [-0.15, -0.1) is 0 Å². The van der Waals surface area contributed by atoms with Crippen LogP contribution in [0.3, 0.4) is 0 Å². The van der Waals surface area contributed by atoms with Gasteiger partial charge in [-0.1, -0.05) is 90.9 Å². The molecule has 0 aliphatic carbocycles. The highest BCUT2D eigenvalue weighted by Gasteiger charge is 2.34. The van der Waals surface area contributed by atoms with Crippen LogP contribution >= 0.6 is 47.0 Å². The molecule has 93 heavy (non-hydrogen) atoms. The van der Waals surface area contributed by atoms with Crippen LogP contribution in [0.5, 0.6) is 0 Å². The van der Waals surface area contributed by atoms with E-state index in [2.05, 4.69) is 18.9 Å². The summed E-state index contributed by atoms with van der Waals surface area (Å²) in [6.45, 7) is 17.9. The molecule has 2 aliphatic rings. The Hall–Kier alpha value is -0.400. The van der Waals surface area contributed by atoms with Crippen LogP contribution in [0.4, 0.5) is 26.3 Å². The minimum atomic E-state index is -4.06. The van der Waals surface area contributed by atoms with Crippen LogP contribution in [0.15, 0.2) is 10.1 Å². The van der Waals surface area contributed by atoms with Gasteiger partial charge in [-0.2, -0.15) is 78.5 Å². The Kier molecular flexibility index (Phi) is 55.6. The third-order valence-electron chi connectivity index (χ3n) is 14.8. The molecule has 4 atom stereocenters. The first-order valence-electron chi connectivity index (χ1n) is 35.0. The molecule has 16 nitrogen and oxygen atoms in total.